The Labute approximate surface area is 204 Å². The van der Waals surface area contributed by atoms with E-state index in [9.17, 15) is 28.2 Å². The summed E-state index contributed by atoms with van der Waals surface area (Å²) >= 11 is 0. The second-order valence-electron chi connectivity index (χ2n) is 7.96. The molecule has 1 aliphatic rings. The van der Waals surface area contributed by atoms with Crippen LogP contribution in [0.1, 0.15) is 24.1 Å². The number of methoxy groups -OCH3 is 1. The van der Waals surface area contributed by atoms with E-state index in [1.807, 2.05) is 0 Å². The van der Waals surface area contributed by atoms with Crippen LogP contribution in [0.2, 0.25) is 0 Å². The molecule has 1 unspecified atom stereocenters. The molecule has 0 spiro atoms. The zero-order valence-corrected chi connectivity index (χ0v) is 20.7. The van der Waals surface area contributed by atoms with Gasteiger partial charge in [0.15, 0.2) is 11.5 Å². The highest BCUT2D eigenvalue weighted by atomic mass is 32.2. The number of phenolic OH excluding ortho intramolecular Hbond substituents is 1. The Hall–Kier alpha value is -3.41. The SMILES string of the molecule is CCOc1cc(C2/C(=C(\O)c3ccc(S(=O)(=O)N(C)C)cc3)C(=O)C(=O)N2CCOC)ccc1O. The van der Waals surface area contributed by atoms with Crippen molar-refractivity contribution in [1.29, 1.82) is 0 Å². The Morgan fingerprint density at radius 2 is 1.77 bits per heavy atom. The van der Waals surface area contributed by atoms with Crippen LogP contribution in [0.4, 0.5) is 0 Å². The lowest BCUT2D eigenvalue weighted by molar-refractivity contribution is -0.140. The fourth-order valence-electron chi connectivity index (χ4n) is 3.77. The lowest BCUT2D eigenvalue weighted by Gasteiger charge is -2.25. The van der Waals surface area contributed by atoms with Gasteiger partial charge in [0.1, 0.15) is 5.76 Å². The first kappa shape index (κ1) is 26.2. The van der Waals surface area contributed by atoms with Gasteiger partial charge in [0.2, 0.25) is 10.0 Å². The molecule has 0 aromatic heterocycles. The maximum Gasteiger partial charge on any atom is 0.295 e. The fraction of sp³-hybridized carbons (Fsp3) is 0.333. The van der Waals surface area contributed by atoms with Crippen molar-refractivity contribution in [2.75, 3.05) is 41.0 Å². The number of aliphatic hydroxyl groups is 1. The van der Waals surface area contributed by atoms with Gasteiger partial charge in [-0.15, -0.1) is 0 Å². The highest BCUT2D eigenvalue weighted by Crippen LogP contribution is 2.41. The third kappa shape index (κ3) is 5.02. The number of sulfonamides is 1. The topological polar surface area (TPSA) is 134 Å². The van der Waals surface area contributed by atoms with Gasteiger partial charge < -0.3 is 24.6 Å². The van der Waals surface area contributed by atoms with Crippen molar-refractivity contribution in [3.63, 3.8) is 0 Å². The zero-order chi connectivity index (χ0) is 25.9. The Bertz CT molecular complexity index is 1250. The van der Waals surface area contributed by atoms with Gasteiger partial charge in [-0.3, -0.25) is 9.59 Å². The lowest BCUT2D eigenvalue weighted by Crippen LogP contribution is -2.32. The minimum atomic E-state index is -3.69. The van der Waals surface area contributed by atoms with Gasteiger partial charge in [0, 0.05) is 33.3 Å². The second-order valence-corrected chi connectivity index (χ2v) is 10.1. The van der Waals surface area contributed by atoms with E-state index >= 15 is 0 Å². The van der Waals surface area contributed by atoms with Crippen molar-refractivity contribution in [2.45, 2.75) is 17.9 Å². The number of aromatic hydroxyl groups is 1. The van der Waals surface area contributed by atoms with Gasteiger partial charge >= 0.3 is 0 Å². The molecule has 2 aromatic carbocycles. The summed E-state index contributed by atoms with van der Waals surface area (Å²) in [6, 6.07) is 8.82. The number of benzene rings is 2. The number of aliphatic hydroxyl groups excluding tert-OH is 1. The maximum atomic E-state index is 13.0. The molecule has 1 saturated heterocycles. The van der Waals surface area contributed by atoms with Gasteiger partial charge in [-0.25, -0.2) is 12.7 Å². The molecule has 188 valence electrons. The molecule has 35 heavy (non-hydrogen) atoms. The molecule has 1 heterocycles. The summed E-state index contributed by atoms with van der Waals surface area (Å²) in [5.41, 5.74) is 0.443. The van der Waals surface area contributed by atoms with E-state index in [-0.39, 0.29) is 47.3 Å². The molecule has 2 aromatic rings. The number of likely N-dealkylation sites (tertiary alicyclic amines) is 1. The number of carbonyl (C=O) groups excluding carboxylic acids is 2. The number of nitrogens with zero attached hydrogens (tertiary/aromatic N) is 2. The number of ketones is 1. The summed E-state index contributed by atoms with van der Waals surface area (Å²) in [6.45, 7) is 2.25. The summed E-state index contributed by atoms with van der Waals surface area (Å²) in [7, 11) is 0.574. The smallest absolute Gasteiger partial charge is 0.295 e. The third-order valence-electron chi connectivity index (χ3n) is 5.58. The first-order valence-corrected chi connectivity index (χ1v) is 12.2. The number of carbonyl (C=O) groups is 2. The lowest BCUT2D eigenvalue weighted by atomic mass is 9.95. The van der Waals surface area contributed by atoms with Gasteiger partial charge in [0.05, 0.1) is 29.7 Å². The van der Waals surface area contributed by atoms with Crippen molar-refractivity contribution in [1.82, 2.24) is 9.21 Å². The molecule has 10 nitrogen and oxygen atoms in total. The van der Waals surface area contributed by atoms with Crippen LogP contribution < -0.4 is 4.74 Å². The third-order valence-corrected chi connectivity index (χ3v) is 7.41. The highest BCUT2D eigenvalue weighted by Gasteiger charge is 2.46. The molecule has 3 rings (SSSR count). The summed E-state index contributed by atoms with van der Waals surface area (Å²) < 4.78 is 36.3. The summed E-state index contributed by atoms with van der Waals surface area (Å²) in [5, 5.41) is 21.2. The molecular formula is C24H28N2O8S. The Balaban J connectivity index is 2.15. The fourth-order valence-corrected chi connectivity index (χ4v) is 4.67. The van der Waals surface area contributed by atoms with Crippen LogP contribution in [-0.4, -0.2) is 80.5 Å². The normalized spacial score (nSPS) is 17.9. The number of hydrogen-bond donors (Lipinski definition) is 2. The van der Waals surface area contributed by atoms with Crippen LogP contribution >= 0.6 is 0 Å². The molecule has 11 heteroatoms. The molecule has 0 radical (unpaired) electrons. The molecule has 0 saturated carbocycles. The number of amides is 1. The van der Waals surface area contributed by atoms with Gasteiger partial charge in [-0.05, 0) is 48.9 Å². The van der Waals surface area contributed by atoms with E-state index in [0.29, 0.717) is 5.56 Å². The number of rotatable bonds is 9. The van der Waals surface area contributed by atoms with E-state index in [1.54, 1.807) is 6.92 Å². The highest BCUT2D eigenvalue weighted by molar-refractivity contribution is 7.89. The predicted octanol–water partition coefficient (Wildman–Crippen LogP) is 2.11. The molecule has 1 amide bonds. The van der Waals surface area contributed by atoms with Gasteiger partial charge in [-0.1, -0.05) is 6.07 Å². The van der Waals surface area contributed by atoms with Crippen LogP contribution in [0.3, 0.4) is 0 Å². The van der Waals surface area contributed by atoms with E-state index < -0.39 is 33.5 Å². The number of phenols is 1. The standard InChI is InChI=1S/C24H28N2O8S/c1-5-34-19-14-16(8-11-18(19)27)21-20(23(29)24(30)26(21)12-13-33-4)22(28)15-6-9-17(10-7-15)35(31,32)25(2)3/h6-11,14,21,27-28H,5,12-13H2,1-4H3/b22-20+. The molecular weight excluding hydrogens is 476 g/mol. The first-order valence-electron chi connectivity index (χ1n) is 10.8. The maximum absolute atomic E-state index is 13.0. The van der Waals surface area contributed by atoms with Crippen LogP contribution in [0.25, 0.3) is 5.76 Å². The molecule has 1 fully saturated rings. The van der Waals surface area contributed by atoms with Crippen molar-refractivity contribution >= 4 is 27.5 Å². The van der Waals surface area contributed by atoms with Crippen LogP contribution in [0.5, 0.6) is 11.5 Å². The Morgan fingerprint density at radius 3 is 2.34 bits per heavy atom. The van der Waals surface area contributed by atoms with Crippen molar-refractivity contribution in [2.24, 2.45) is 0 Å². The number of Topliss-reactive ketones (excluding diaryl/α,β-unsaturated/α-hetero) is 1. The molecule has 0 bridgehead atoms. The predicted molar refractivity (Wildman–Crippen MR) is 127 cm³/mol. The molecule has 2 N–H and O–H groups in total. The van der Waals surface area contributed by atoms with E-state index in [0.717, 1.165) is 4.31 Å². The van der Waals surface area contributed by atoms with Crippen LogP contribution in [0, 0.1) is 0 Å². The zero-order valence-electron chi connectivity index (χ0n) is 19.9. The summed E-state index contributed by atoms with van der Waals surface area (Å²) in [4.78, 5) is 27.2. The molecule has 0 aliphatic carbocycles. The minimum Gasteiger partial charge on any atom is -0.507 e. The van der Waals surface area contributed by atoms with Crippen molar-refractivity contribution < 1.29 is 37.7 Å². The van der Waals surface area contributed by atoms with E-state index in [1.165, 1.54) is 68.6 Å². The van der Waals surface area contributed by atoms with Gasteiger partial charge in [-0.2, -0.15) is 0 Å². The number of ether oxygens (including phenoxy) is 2. The van der Waals surface area contributed by atoms with E-state index in [4.69, 9.17) is 9.47 Å². The average molecular weight is 505 g/mol. The molecule has 1 atom stereocenters. The summed E-state index contributed by atoms with van der Waals surface area (Å²) in [6.07, 6.45) is 0. The quantitative estimate of drug-likeness (QED) is 0.301. The van der Waals surface area contributed by atoms with Gasteiger partial charge in [0.25, 0.3) is 11.7 Å². The summed E-state index contributed by atoms with van der Waals surface area (Å²) in [5.74, 6) is -2.10. The molecule has 1 aliphatic heterocycles. The Kier molecular flexibility index (Phi) is 7.83. The largest absolute Gasteiger partial charge is 0.507 e. The van der Waals surface area contributed by atoms with Crippen molar-refractivity contribution in [3.8, 4) is 11.5 Å². The average Bonchev–Trinajstić information content (AvgIpc) is 3.08. The second kappa shape index (κ2) is 10.5. The van der Waals surface area contributed by atoms with Crippen LogP contribution in [0.15, 0.2) is 52.9 Å². The monoisotopic (exact) mass is 504 g/mol. The van der Waals surface area contributed by atoms with E-state index in [2.05, 4.69) is 0 Å². The first-order chi connectivity index (χ1) is 16.5. The number of hydrogen-bond acceptors (Lipinski definition) is 8. The van der Waals surface area contributed by atoms with Crippen LogP contribution in [-0.2, 0) is 24.3 Å². The minimum absolute atomic E-state index is 0.0102. The Morgan fingerprint density at radius 1 is 1.11 bits per heavy atom. The van der Waals surface area contributed by atoms with Crippen molar-refractivity contribution in [3.05, 3.63) is 59.2 Å².